The van der Waals surface area contributed by atoms with Gasteiger partial charge < -0.3 is 19.1 Å². The Bertz CT molecular complexity index is 1070. The molecule has 0 amide bonds. The quantitative estimate of drug-likeness (QED) is 0.249. The Balaban J connectivity index is 2.37. The molecule has 36 heavy (non-hydrogen) atoms. The van der Waals surface area contributed by atoms with E-state index in [0.717, 1.165) is 6.42 Å². The minimum atomic E-state index is -2.46. The first-order chi connectivity index (χ1) is 16.4. The summed E-state index contributed by atoms with van der Waals surface area (Å²) in [4.78, 5) is 38.3. The fourth-order valence-electron chi connectivity index (χ4n) is 3.87. The van der Waals surface area contributed by atoms with Crippen molar-refractivity contribution in [3.63, 3.8) is 0 Å². The standard InChI is InChI=1S/C26H46N2O6Si2/c1-25(2,3)36(8,9)33-18-21-20(16-26(4,5)35(6,7)32)15-22(34-21)28-17-19(13-11-10-12-14-29)23(30)27-24(28)31/h17,20-22,29,32H,10,12,14-16,18H2,1-9H3,(H,27,30,31)/t20?,21-,22-/m1/s1. The Labute approximate surface area is 217 Å². The minimum Gasteiger partial charge on any atom is -0.432 e. The van der Waals surface area contributed by atoms with Gasteiger partial charge in [-0.15, -0.1) is 0 Å². The van der Waals surface area contributed by atoms with Crippen molar-refractivity contribution in [2.45, 2.75) is 109 Å². The van der Waals surface area contributed by atoms with Gasteiger partial charge in [-0.25, -0.2) is 4.79 Å². The maximum absolute atomic E-state index is 12.8. The predicted octanol–water partition coefficient (Wildman–Crippen LogP) is 3.95. The van der Waals surface area contributed by atoms with E-state index < -0.39 is 34.1 Å². The lowest BCUT2D eigenvalue weighted by molar-refractivity contribution is -0.0314. The molecule has 1 unspecified atom stereocenters. The van der Waals surface area contributed by atoms with Crippen molar-refractivity contribution in [1.82, 2.24) is 9.55 Å². The van der Waals surface area contributed by atoms with Gasteiger partial charge in [-0.2, -0.15) is 0 Å². The van der Waals surface area contributed by atoms with Gasteiger partial charge in [-0.05, 0) is 61.4 Å². The van der Waals surface area contributed by atoms with Gasteiger partial charge in [0.05, 0.1) is 12.7 Å². The molecule has 0 spiro atoms. The normalized spacial score (nSPS) is 21.4. The summed E-state index contributed by atoms with van der Waals surface area (Å²) < 4.78 is 14.4. The molecule has 0 saturated carbocycles. The topological polar surface area (TPSA) is 114 Å². The second-order valence-electron chi connectivity index (χ2n) is 12.7. The molecule has 204 valence electrons. The molecular weight excluding hydrogens is 492 g/mol. The Morgan fingerprint density at radius 1 is 1.19 bits per heavy atom. The van der Waals surface area contributed by atoms with Crippen LogP contribution in [0, 0.1) is 17.8 Å². The first-order valence-corrected chi connectivity index (χ1v) is 18.7. The van der Waals surface area contributed by atoms with Gasteiger partial charge in [0.25, 0.3) is 5.56 Å². The molecule has 1 saturated heterocycles. The van der Waals surface area contributed by atoms with Crippen molar-refractivity contribution >= 4 is 16.6 Å². The number of nitrogens with zero attached hydrogens (tertiary/aromatic N) is 1. The van der Waals surface area contributed by atoms with E-state index in [2.05, 4.69) is 64.5 Å². The summed E-state index contributed by atoms with van der Waals surface area (Å²) in [6.45, 7) is 19.6. The molecule has 8 nitrogen and oxygen atoms in total. The van der Waals surface area contributed by atoms with Gasteiger partial charge >= 0.3 is 5.69 Å². The van der Waals surface area contributed by atoms with Crippen molar-refractivity contribution in [2.75, 3.05) is 13.2 Å². The summed E-state index contributed by atoms with van der Waals surface area (Å²) in [7, 11) is -4.48. The van der Waals surface area contributed by atoms with E-state index in [4.69, 9.17) is 14.3 Å². The first kappa shape index (κ1) is 30.7. The third-order valence-corrected chi connectivity index (χ3v) is 16.2. The molecule has 0 bridgehead atoms. The summed E-state index contributed by atoms with van der Waals surface area (Å²) >= 11 is 0. The number of H-pyrrole nitrogens is 1. The summed E-state index contributed by atoms with van der Waals surface area (Å²) in [6.07, 6.45) is 2.97. The number of hydrogen-bond acceptors (Lipinski definition) is 6. The van der Waals surface area contributed by atoms with Gasteiger partial charge in [-0.3, -0.25) is 14.3 Å². The van der Waals surface area contributed by atoms with Crippen molar-refractivity contribution in [2.24, 2.45) is 5.92 Å². The highest BCUT2D eigenvalue weighted by Crippen LogP contribution is 2.47. The van der Waals surface area contributed by atoms with E-state index in [1.54, 1.807) is 0 Å². The fourth-order valence-corrected chi connectivity index (χ4v) is 5.65. The van der Waals surface area contributed by atoms with Crippen LogP contribution in [0.15, 0.2) is 15.8 Å². The van der Waals surface area contributed by atoms with Crippen molar-refractivity contribution in [1.29, 1.82) is 0 Å². The average molecular weight is 539 g/mol. The van der Waals surface area contributed by atoms with Crippen LogP contribution in [0.4, 0.5) is 0 Å². The average Bonchev–Trinajstić information content (AvgIpc) is 3.11. The lowest BCUT2D eigenvalue weighted by atomic mass is 9.90. The SMILES string of the molecule is CC(C)(CC1C[C@H](n2cc(C#CCCCO)c(=O)[nH]c2=O)O[C@@H]1CO[Si](C)(C)C(C)(C)C)[Si](C)(C)O. The van der Waals surface area contributed by atoms with Crippen LogP contribution in [0.3, 0.4) is 0 Å². The molecule has 0 aliphatic carbocycles. The lowest BCUT2D eigenvalue weighted by Gasteiger charge is -2.39. The number of ether oxygens (including phenoxy) is 1. The van der Waals surface area contributed by atoms with E-state index >= 15 is 0 Å². The number of aromatic amines is 1. The lowest BCUT2D eigenvalue weighted by Crippen LogP contribution is -2.44. The summed E-state index contributed by atoms with van der Waals surface area (Å²) in [5.74, 6) is 5.76. The highest BCUT2D eigenvalue weighted by Gasteiger charge is 2.46. The molecule has 1 aliphatic rings. The smallest absolute Gasteiger partial charge is 0.330 e. The fraction of sp³-hybridized carbons (Fsp3) is 0.769. The van der Waals surface area contributed by atoms with Crippen LogP contribution < -0.4 is 11.2 Å². The van der Waals surface area contributed by atoms with E-state index in [0.29, 0.717) is 25.9 Å². The Hall–Kier alpha value is -1.49. The third-order valence-electron chi connectivity index (χ3n) is 8.17. The van der Waals surface area contributed by atoms with Crippen LogP contribution >= 0.6 is 0 Å². The maximum Gasteiger partial charge on any atom is 0.330 e. The number of aromatic nitrogens is 2. The number of unbranched alkanes of at least 4 members (excludes halogenated alkanes) is 1. The van der Waals surface area contributed by atoms with Crippen molar-refractivity contribution < 1.29 is 19.1 Å². The van der Waals surface area contributed by atoms with Gasteiger partial charge in [0.15, 0.2) is 16.6 Å². The molecule has 1 aliphatic heterocycles. The number of hydrogen-bond donors (Lipinski definition) is 3. The number of nitrogens with one attached hydrogen (secondary N) is 1. The Kier molecular flexibility index (Phi) is 9.82. The Morgan fingerprint density at radius 3 is 2.39 bits per heavy atom. The minimum absolute atomic E-state index is 0.0318. The van der Waals surface area contributed by atoms with E-state index in [-0.39, 0.29) is 34.3 Å². The zero-order valence-corrected chi connectivity index (χ0v) is 25.5. The zero-order chi connectivity index (χ0) is 27.5. The molecule has 0 aromatic carbocycles. The zero-order valence-electron chi connectivity index (χ0n) is 23.5. The second kappa shape index (κ2) is 11.5. The highest BCUT2D eigenvalue weighted by molar-refractivity contribution is 6.74. The van der Waals surface area contributed by atoms with Crippen molar-refractivity contribution in [3.8, 4) is 11.8 Å². The van der Waals surface area contributed by atoms with E-state index in [9.17, 15) is 14.4 Å². The maximum atomic E-state index is 12.8. The molecule has 3 N–H and O–H groups in total. The van der Waals surface area contributed by atoms with Crippen LogP contribution in [0.25, 0.3) is 0 Å². The van der Waals surface area contributed by atoms with Crippen LogP contribution in [0.2, 0.25) is 36.3 Å². The Morgan fingerprint density at radius 2 is 1.83 bits per heavy atom. The summed E-state index contributed by atoms with van der Waals surface area (Å²) in [5, 5.41) is 8.74. The molecule has 0 radical (unpaired) electrons. The molecule has 10 heteroatoms. The molecule has 1 fully saturated rings. The predicted molar refractivity (Wildman–Crippen MR) is 148 cm³/mol. The van der Waals surface area contributed by atoms with Gasteiger partial charge in [0.2, 0.25) is 0 Å². The molecule has 3 atom stereocenters. The summed E-state index contributed by atoms with van der Waals surface area (Å²) in [5.41, 5.74) is -0.876. The monoisotopic (exact) mass is 538 g/mol. The summed E-state index contributed by atoms with van der Waals surface area (Å²) in [6, 6.07) is 0. The number of aliphatic hydroxyl groups is 1. The largest absolute Gasteiger partial charge is 0.432 e. The molecule has 1 aromatic heterocycles. The van der Waals surface area contributed by atoms with Crippen LogP contribution in [0.1, 0.15) is 72.1 Å². The van der Waals surface area contributed by atoms with E-state index in [1.807, 2.05) is 13.1 Å². The van der Waals surface area contributed by atoms with Gasteiger partial charge in [0, 0.05) is 19.2 Å². The van der Waals surface area contributed by atoms with E-state index in [1.165, 1.54) is 10.8 Å². The second-order valence-corrected chi connectivity index (χ2v) is 22.0. The molecule has 2 rings (SSSR count). The molecule has 2 heterocycles. The molecular formula is C26H46N2O6Si2. The first-order valence-electron chi connectivity index (χ1n) is 12.9. The van der Waals surface area contributed by atoms with Crippen LogP contribution in [0.5, 0.6) is 0 Å². The molecule has 1 aromatic rings. The van der Waals surface area contributed by atoms with Gasteiger partial charge in [0.1, 0.15) is 11.8 Å². The van der Waals surface area contributed by atoms with Crippen molar-refractivity contribution in [3.05, 3.63) is 32.6 Å². The van der Waals surface area contributed by atoms with Gasteiger partial charge in [-0.1, -0.05) is 46.5 Å². The number of aliphatic hydroxyl groups excluding tert-OH is 1. The highest BCUT2D eigenvalue weighted by atomic mass is 28.4. The number of rotatable bonds is 9. The van der Waals surface area contributed by atoms with Crippen LogP contribution in [-0.4, -0.2) is 55.4 Å². The third kappa shape index (κ3) is 7.52. The van der Waals surface area contributed by atoms with Crippen LogP contribution in [-0.2, 0) is 9.16 Å².